The molecule has 0 aromatic heterocycles. The molecule has 0 bridgehead atoms. The van der Waals surface area contributed by atoms with Crippen molar-refractivity contribution in [3.63, 3.8) is 0 Å². The summed E-state index contributed by atoms with van der Waals surface area (Å²) in [6.07, 6.45) is 3.32. The third kappa shape index (κ3) is 3.53. The van der Waals surface area contributed by atoms with Gasteiger partial charge < -0.3 is 11.1 Å². The van der Waals surface area contributed by atoms with Gasteiger partial charge in [0, 0.05) is 12.2 Å². The number of hydrogen-bond donors (Lipinski definition) is 2. The lowest BCUT2D eigenvalue weighted by Gasteiger charge is -2.48. The van der Waals surface area contributed by atoms with Crippen LogP contribution in [0.5, 0.6) is 0 Å². The zero-order valence-electron chi connectivity index (χ0n) is 12.5. The fourth-order valence-corrected chi connectivity index (χ4v) is 4.30. The Bertz CT molecular complexity index is 489. The molecule has 1 fully saturated rings. The molecule has 4 heteroatoms. The fourth-order valence-electron chi connectivity index (χ4n) is 3.92. The van der Waals surface area contributed by atoms with Crippen molar-refractivity contribution in [1.82, 2.24) is 0 Å². The van der Waals surface area contributed by atoms with Crippen molar-refractivity contribution in [2.24, 2.45) is 17.1 Å². The quantitative estimate of drug-likeness (QED) is 0.845. The van der Waals surface area contributed by atoms with Crippen molar-refractivity contribution in [2.75, 3.05) is 11.9 Å². The van der Waals surface area contributed by atoms with Crippen LogP contribution in [0.3, 0.4) is 0 Å². The molecular weight excluding hydrogens is 319 g/mol. The van der Waals surface area contributed by atoms with Crippen LogP contribution >= 0.6 is 15.9 Å². The van der Waals surface area contributed by atoms with Gasteiger partial charge in [-0.05, 0) is 64.7 Å². The summed E-state index contributed by atoms with van der Waals surface area (Å²) in [6.45, 7) is 7.48. The maximum absolute atomic E-state index is 13.3. The van der Waals surface area contributed by atoms with Crippen molar-refractivity contribution in [3.8, 4) is 0 Å². The number of rotatable bonds is 3. The van der Waals surface area contributed by atoms with E-state index in [2.05, 4.69) is 42.0 Å². The van der Waals surface area contributed by atoms with E-state index in [0.29, 0.717) is 16.9 Å². The smallest absolute Gasteiger partial charge is 0.137 e. The average molecular weight is 343 g/mol. The van der Waals surface area contributed by atoms with E-state index in [1.165, 1.54) is 12.5 Å². The number of benzene rings is 1. The monoisotopic (exact) mass is 342 g/mol. The standard InChI is InChI=1S/C16H24BrFN2/c1-11-7-15(2,3)9-16(8-11,10-19)20-12-4-5-14(18)13(17)6-12/h4-6,11,20H,7-10,19H2,1-3H3. The van der Waals surface area contributed by atoms with Crippen molar-refractivity contribution < 1.29 is 4.39 Å². The molecular formula is C16H24BrFN2. The SMILES string of the molecule is CC1CC(C)(C)CC(CN)(Nc2ccc(F)c(Br)c2)C1. The predicted octanol–water partition coefficient (Wildman–Crippen LogP) is 4.54. The second-order valence-corrected chi connectivity index (χ2v) is 7.95. The van der Waals surface area contributed by atoms with E-state index in [1.807, 2.05) is 0 Å². The first kappa shape index (κ1) is 15.8. The molecule has 3 N–H and O–H groups in total. The molecule has 1 aliphatic carbocycles. The summed E-state index contributed by atoms with van der Waals surface area (Å²) in [5.74, 6) is 0.397. The van der Waals surface area contributed by atoms with Crippen LogP contribution in [0.1, 0.15) is 40.0 Å². The summed E-state index contributed by atoms with van der Waals surface area (Å²) < 4.78 is 13.8. The number of halogens is 2. The first-order valence-corrected chi connectivity index (χ1v) is 7.98. The van der Waals surface area contributed by atoms with E-state index < -0.39 is 0 Å². The molecule has 0 spiro atoms. The minimum atomic E-state index is -0.241. The van der Waals surface area contributed by atoms with Crippen LogP contribution in [0.15, 0.2) is 22.7 Å². The normalized spacial score (nSPS) is 29.2. The summed E-state index contributed by atoms with van der Waals surface area (Å²) in [5.41, 5.74) is 7.19. The summed E-state index contributed by atoms with van der Waals surface area (Å²) in [6, 6.07) is 5.05. The van der Waals surface area contributed by atoms with Gasteiger partial charge in [0.1, 0.15) is 5.82 Å². The third-order valence-electron chi connectivity index (χ3n) is 4.18. The third-order valence-corrected chi connectivity index (χ3v) is 4.78. The second-order valence-electron chi connectivity index (χ2n) is 7.09. The first-order chi connectivity index (χ1) is 9.25. The Kier molecular flexibility index (Phi) is 4.45. The van der Waals surface area contributed by atoms with Gasteiger partial charge in [-0.25, -0.2) is 4.39 Å². The fraction of sp³-hybridized carbons (Fsp3) is 0.625. The van der Waals surface area contributed by atoms with E-state index in [4.69, 9.17) is 5.73 Å². The van der Waals surface area contributed by atoms with Crippen molar-refractivity contribution in [1.29, 1.82) is 0 Å². The molecule has 0 saturated heterocycles. The molecule has 2 atom stereocenters. The second kappa shape index (κ2) is 5.64. The molecule has 112 valence electrons. The van der Waals surface area contributed by atoms with Crippen LogP contribution in [-0.2, 0) is 0 Å². The Balaban J connectivity index is 2.24. The van der Waals surface area contributed by atoms with Gasteiger partial charge in [-0.3, -0.25) is 0 Å². The molecule has 1 aliphatic rings. The number of hydrogen-bond acceptors (Lipinski definition) is 2. The lowest BCUT2D eigenvalue weighted by molar-refractivity contribution is 0.125. The van der Waals surface area contributed by atoms with Crippen LogP contribution in [0.4, 0.5) is 10.1 Å². The highest BCUT2D eigenvalue weighted by atomic mass is 79.9. The van der Waals surface area contributed by atoms with Gasteiger partial charge in [-0.2, -0.15) is 0 Å². The van der Waals surface area contributed by atoms with Gasteiger partial charge in [0.05, 0.1) is 10.0 Å². The number of nitrogens with two attached hydrogens (primary N) is 1. The lowest BCUT2D eigenvalue weighted by Crippen LogP contribution is -2.52. The van der Waals surface area contributed by atoms with Crippen LogP contribution in [0.25, 0.3) is 0 Å². The molecule has 2 nitrogen and oxygen atoms in total. The van der Waals surface area contributed by atoms with E-state index in [0.717, 1.165) is 18.5 Å². The van der Waals surface area contributed by atoms with Gasteiger partial charge in [0.2, 0.25) is 0 Å². The number of anilines is 1. The van der Waals surface area contributed by atoms with E-state index in [-0.39, 0.29) is 16.8 Å². The summed E-state index contributed by atoms with van der Waals surface area (Å²) >= 11 is 3.24. The minimum absolute atomic E-state index is 0.0988. The van der Waals surface area contributed by atoms with Gasteiger partial charge >= 0.3 is 0 Å². The highest BCUT2D eigenvalue weighted by Crippen LogP contribution is 2.45. The van der Waals surface area contributed by atoms with E-state index in [1.54, 1.807) is 12.1 Å². The van der Waals surface area contributed by atoms with E-state index >= 15 is 0 Å². The minimum Gasteiger partial charge on any atom is -0.378 e. The summed E-state index contributed by atoms with van der Waals surface area (Å²) in [5, 5.41) is 3.58. The Labute approximate surface area is 129 Å². The van der Waals surface area contributed by atoms with Gasteiger partial charge in [-0.1, -0.05) is 20.8 Å². The van der Waals surface area contributed by atoms with Crippen molar-refractivity contribution in [2.45, 2.75) is 45.6 Å². The zero-order chi connectivity index (χ0) is 15.0. The molecule has 1 saturated carbocycles. The largest absolute Gasteiger partial charge is 0.378 e. The van der Waals surface area contributed by atoms with Crippen LogP contribution in [0, 0.1) is 17.2 Å². The van der Waals surface area contributed by atoms with Crippen molar-refractivity contribution in [3.05, 3.63) is 28.5 Å². The summed E-state index contributed by atoms with van der Waals surface area (Å²) in [7, 11) is 0. The lowest BCUT2D eigenvalue weighted by atomic mass is 9.64. The maximum Gasteiger partial charge on any atom is 0.137 e. The summed E-state index contributed by atoms with van der Waals surface area (Å²) in [4.78, 5) is 0. The Morgan fingerprint density at radius 1 is 1.40 bits per heavy atom. The molecule has 1 aromatic carbocycles. The molecule has 0 amide bonds. The average Bonchev–Trinajstić information content (AvgIpc) is 2.31. The Morgan fingerprint density at radius 2 is 2.10 bits per heavy atom. The van der Waals surface area contributed by atoms with Crippen LogP contribution < -0.4 is 11.1 Å². The molecule has 0 heterocycles. The van der Waals surface area contributed by atoms with Crippen LogP contribution in [-0.4, -0.2) is 12.1 Å². The Hall–Kier alpha value is -0.610. The topological polar surface area (TPSA) is 38.0 Å². The zero-order valence-corrected chi connectivity index (χ0v) is 14.1. The van der Waals surface area contributed by atoms with Crippen molar-refractivity contribution >= 4 is 21.6 Å². The highest BCUT2D eigenvalue weighted by molar-refractivity contribution is 9.10. The Morgan fingerprint density at radius 3 is 2.65 bits per heavy atom. The predicted molar refractivity (Wildman–Crippen MR) is 86.3 cm³/mol. The highest BCUT2D eigenvalue weighted by Gasteiger charge is 2.42. The first-order valence-electron chi connectivity index (χ1n) is 7.19. The van der Waals surface area contributed by atoms with E-state index in [9.17, 15) is 4.39 Å². The molecule has 20 heavy (non-hydrogen) atoms. The number of nitrogens with one attached hydrogen (secondary N) is 1. The molecule has 2 unspecified atom stereocenters. The maximum atomic E-state index is 13.3. The van der Waals surface area contributed by atoms with Gasteiger partial charge in [-0.15, -0.1) is 0 Å². The van der Waals surface area contributed by atoms with Gasteiger partial charge in [0.25, 0.3) is 0 Å². The molecule has 0 radical (unpaired) electrons. The van der Waals surface area contributed by atoms with Crippen LogP contribution in [0.2, 0.25) is 0 Å². The van der Waals surface area contributed by atoms with Gasteiger partial charge in [0.15, 0.2) is 0 Å². The molecule has 1 aromatic rings. The molecule has 0 aliphatic heterocycles. The molecule has 2 rings (SSSR count).